The van der Waals surface area contributed by atoms with Gasteiger partial charge in [-0.05, 0) is 48.2 Å². The summed E-state index contributed by atoms with van der Waals surface area (Å²) in [5.74, 6) is 0. The molecule has 0 spiro atoms. The molecule has 3 aromatic carbocycles. The molecule has 0 bridgehead atoms. The van der Waals surface area contributed by atoms with E-state index in [1.165, 1.54) is 5.56 Å². The number of nitrogens with zero attached hydrogens (tertiary/aromatic N) is 2. The van der Waals surface area contributed by atoms with Crippen molar-refractivity contribution in [1.82, 2.24) is 9.29 Å². The number of imidazole rings is 1. The van der Waals surface area contributed by atoms with Gasteiger partial charge < -0.3 is 9.29 Å². The standard InChI is InChI=1S/C26H23Cl4N2O.C6H13NO3S/c27-21-7-6-20(24(29)14-21)17-33-26(23-9-8-22(28)15-25(23)30)16-32-13-12-31(18-32)11-10-19-4-2-1-3-5-19;8-11(9,10)7-6-4-2-1-3-5-6/h1-9,12-15,18,26H,10-11,16-17H2;6-7H,1-5H2,(H,8,9,10)/q+1;/p-1. The molecule has 0 saturated heterocycles. The molecular formula is C32H35Cl4N3O4S. The lowest BCUT2D eigenvalue weighted by atomic mass is 9.96. The summed E-state index contributed by atoms with van der Waals surface area (Å²) < 4.78 is 43.4. The van der Waals surface area contributed by atoms with Crippen molar-refractivity contribution in [2.75, 3.05) is 0 Å². The molecule has 1 aliphatic rings. The van der Waals surface area contributed by atoms with Gasteiger partial charge in [-0.2, -0.15) is 0 Å². The number of benzene rings is 3. The smallest absolute Gasteiger partial charge is 0.243 e. The van der Waals surface area contributed by atoms with Crippen molar-refractivity contribution < 1.29 is 22.3 Å². The molecular weight excluding hydrogens is 664 g/mol. The molecule has 5 rings (SSSR count). The van der Waals surface area contributed by atoms with Crippen LogP contribution in [0.5, 0.6) is 0 Å². The quantitative estimate of drug-likeness (QED) is 0.127. The van der Waals surface area contributed by atoms with Gasteiger partial charge in [0.25, 0.3) is 0 Å². The third kappa shape index (κ3) is 11.7. The molecule has 0 aliphatic heterocycles. The molecule has 1 heterocycles. The average Bonchev–Trinajstić information content (AvgIpc) is 3.43. The highest BCUT2D eigenvalue weighted by atomic mass is 35.5. The van der Waals surface area contributed by atoms with Crippen LogP contribution >= 0.6 is 46.4 Å². The maximum Gasteiger partial charge on any atom is 0.243 e. The van der Waals surface area contributed by atoms with Crippen LogP contribution in [0.4, 0.5) is 0 Å². The van der Waals surface area contributed by atoms with E-state index in [0.717, 1.165) is 56.2 Å². The Morgan fingerprint density at radius 3 is 2.27 bits per heavy atom. The molecule has 1 N–H and O–H groups in total. The molecule has 0 radical (unpaired) electrons. The fourth-order valence-corrected chi connectivity index (χ4v) is 6.67. The molecule has 0 amide bonds. The molecule has 236 valence electrons. The summed E-state index contributed by atoms with van der Waals surface area (Å²) >= 11 is 25.0. The van der Waals surface area contributed by atoms with Gasteiger partial charge in [-0.3, -0.25) is 0 Å². The van der Waals surface area contributed by atoms with E-state index in [0.29, 0.717) is 33.2 Å². The number of halogens is 4. The minimum absolute atomic E-state index is 0.105. The minimum atomic E-state index is -4.22. The van der Waals surface area contributed by atoms with Crippen molar-refractivity contribution in [3.63, 3.8) is 0 Å². The zero-order valence-corrected chi connectivity index (χ0v) is 27.9. The summed E-state index contributed by atoms with van der Waals surface area (Å²) in [6, 6.07) is 21.2. The molecule has 1 unspecified atom stereocenters. The third-order valence-electron chi connectivity index (χ3n) is 7.31. The Bertz CT molecular complexity index is 1600. The van der Waals surface area contributed by atoms with Crippen molar-refractivity contribution in [2.45, 2.75) is 70.4 Å². The molecule has 7 nitrogen and oxygen atoms in total. The van der Waals surface area contributed by atoms with E-state index in [1.54, 1.807) is 18.2 Å². The Kier molecular flexibility index (Phi) is 13.4. The number of hydrogen-bond donors (Lipinski definition) is 1. The van der Waals surface area contributed by atoms with Crippen molar-refractivity contribution in [2.24, 2.45) is 0 Å². The zero-order valence-electron chi connectivity index (χ0n) is 24.0. The van der Waals surface area contributed by atoms with Gasteiger partial charge in [0, 0.05) is 38.1 Å². The summed E-state index contributed by atoms with van der Waals surface area (Å²) in [6.45, 7) is 1.81. The zero-order chi connectivity index (χ0) is 31.5. The maximum atomic E-state index is 10.2. The number of nitrogens with one attached hydrogen (secondary N) is 1. The van der Waals surface area contributed by atoms with E-state index in [9.17, 15) is 13.0 Å². The van der Waals surface area contributed by atoms with Crippen molar-refractivity contribution in [3.8, 4) is 0 Å². The lowest BCUT2D eigenvalue weighted by Crippen LogP contribution is -2.35. The van der Waals surface area contributed by atoms with Gasteiger partial charge in [-0.25, -0.2) is 22.3 Å². The third-order valence-corrected chi connectivity index (χ3v) is 9.08. The monoisotopic (exact) mass is 697 g/mol. The first kappa shape index (κ1) is 34.7. The SMILES string of the molecule is Clc1ccc(COC(Cn2cc[n+](CCc3ccccc3)c2)c2ccc(Cl)cc2Cl)c(Cl)c1.O=S(=O)([O-])NC1CCCCC1. The van der Waals surface area contributed by atoms with Gasteiger partial charge in [0.15, 0.2) is 10.3 Å². The predicted molar refractivity (Wildman–Crippen MR) is 175 cm³/mol. The Hall–Kier alpha value is -2.14. The lowest BCUT2D eigenvalue weighted by Gasteiger charge is -2.23. The van der Waals surface area contributed by atoms with Crippen LogP contribution in [0.2, 0.25) is 20.1 Å². The second kappa shape index (κ2) is 17.0. The van der Waals surface area contributed by atoms with Crippen molar-refractivity contribution >= 4 is 56.7 Å². The number of aromatic nitrogens is 2. The van der Waals surface area contributed by atoms with Crippen LogP contribution in [0.1, 0.15) is 54.9 Å². The molecule has 12 heteroatoms. The van der Waals surface area contributed by atoms with Crippen LogP contribution in [0, 0.1) is 0 Å². The highest BCUT2D eigenvalue weighted by molar-refractivity contribution is 7.83. The highest BCUT2D eigenvalue weighted by Crippen LogP contribution is 2.31. The van der Waals surface area contributed by atoms with Crippen LogP contribution in [-0.4, -0.2) is 23.6 Å². The van der Waals surface area contributed by atoms with Gasteiger partial charge >= 0.3 is 0 Å². The van der Waals surface area contributed by atoms with Gasteiger partial charge in [-0.1, -0.05) is 108 Å². The first-order chi connectivity index (χ1) is 21.1. The Morgan fingerprint density at radius 2 is 1.61 bits per heavy atom. The number of hydrogen-bond acceptors (Lipinski definition) is 4. The molecule has 1 saturated carbocycles. The summed E-state index contributed by atoms with van der Waals surface area (Å²) in [5.41, 5.74) is 3.05. The fourth-order valence-electron chi connectivity index (χ4n) is 5.03. The minimum Gasteiger partial charge on any atom is -0.735 e. The maximum absolute atomic E-state index is 10.2. The topological polar surface area (TPSA) is 87.3 Å². The van der Waals surface area contributed by atoms with Crippen LogP contribution in [0.3, 0.4) is 0 Å². The summed E-state index contributed by atoms with van der Waals surface area (Å²) in [4.78, 5) is 0. The lowest BCUT2D eigenvalue weighted by molar-refractivity contribution is -0.696. The highest BCUT2D eigenvalue weighted by Gasteiger charge is 2.21. The predicted octanol–water partition coefficient (Wildman–Crippen LogP) is 7.96. The van der Waals surface area contributed by atoms with E-state index in [-0.39, 0.29) is 12.1 Å². The molecule has 4 aromatic rings. The molecule has 1 aromatic heterocycles. The van der Waals surface area contributed by atoms with Crippen LogP contribution in [0.15, 0.2) is 85.5 Å². The average molecular weight is 700 g/mol. The Morgan fingerprint density at radius 1 is 0.932 bits per heavy atom. The van der Waals surface area contributed by atoms with E-state index in [1.807, 2.05) is 30.5 Å². The van der Waals surface area contributed by atoms with Crippen LogP contribution in [-0.2, 0) is 41.2 Å². The van der Waals surface area contributed by atoms with Gasteiger partial charge in [0.1, 0.15) is 25.0 Å². The van der Waals surface area contributed by atoms with Crippen LogP contribution in [0.25, 0.3) is 0 Å². The van der Waals surface area contributed by atoms with Crippen LogP contribution < -0.4 is 9.29 Å². The largest absolute Gasteiger partial charge is 0.735 e. The Labute approximate surface area is 279 Å². The van der Waals surface area contributed by atoms with E-state index in [4.69, 9.17) is 51.1 Å². The summed E-state index contributed by atoms with van der Waals surface area (Å²) in [6.07, 6.45) is 11.7. The first-order valence-corrected chi connectivity index (χ1v) is 17.3. The van der Waals surface area contributed by atoms with Gasteiger partial charge in [0.2, 0.25) is 6.33 Å². The van der Waals surface area contributed by atoms with E-state index >= 15 is 0 Å². The van der Waals surface area contributed by atoms with Gasteiger partial charge in [-0.15, -0.1) is 0 Å². The number of aryl methyl sites for hydroxylation is 2. The second-order valence-electron chi connectivity index (χ2n) is 10.7. The molecule has 1 fully saturated rings. The van der Waals surface area contributed by atoms with E-state index in [2.05, 4.69) is 50.6 Å². The number of ether oxygens (including phenoxy) is 1. The van der Waals surface area contributed by atoms with Crippen molar-refractivity contribution in [3.05, 3.63) is 122 Å². The van der Waals surface area contributed by atoms with Crippen molar-refractivity contribution in [1.29, 1.82) is 0 Å². The fraction of sp³-hybridized carbons (Fsp3) is 0.344. The number of rotatable bonds is 11. The summed E-state index contributed by atoms with van der Waals surface area (Å²) in [5, 5.41) is 2.32. The Balaban J connectivity index is 0.000000339. The summed E-state index contributed by atoms with van der Waals surface area (Å²) in [7, 11) is -4.22. The second-order valence-corrected chi connectivity index (χ2v) is 13.5. The van der Waals surface area contributed by atoms with Gasteiger partial charge in [0.05, 0.1) is 13.2 Å². The first-order valence-electron chi connectivity index (χ1n) is 14.4. The van der Waals surface area contributed by atoms with E-state index < -0.39 is 10.3 Å². The molecule has 1 aliphatic carbocycles. The molecule has 1 atom stereocenters. The molecule has 44 heavy (non-hydrogen) atoms. The normalized spacial score (nSPS) is 14.6.